The zero-order valence-electron chi connectivity index (χ0n) is 15.6. The van der Waals surface area contributed by atoms with Gasteiger partial charge in [0.25, 0.3) is 0 Å². The van der Waals surface area contributed by atoms with Gasteiger partial charge in [-0.3, -0.25) is 4.79 Å². The molecule has 0 aliphatic heterocycles. The molecular weight excluding hydrogens is 398 g/mol. The maximum Gasteiger partial charge on any atom is 0.237 e. The molecule has 2 aromatic carbocycles. The number of rotatable bonds is 6. The van der Waals surface area contributed by atoms with Crippen LogP contribution < -0.4 is 15.9 Å². The van der Waals surface area contributed by atoms with E-state index in [4.69, 9.17) is 22.2 Å². The second kappa shape index (κ2) is 8.53. The molecular formula is C19H20ClN5O2S. The third kappa shape index (κ3) is 4.40. The molecule has 1 aromatic heterocycles. The fraction of sp³-hybridized carbons (Fsp3) is 0.211. The average Bonchev–Trinajstić information content (AvgIpc) is 3.03. The Kier molecular flexibility index (Phi) is 6.11. The Morgan fingerprint density at radius 3 is 2.64 bits per heavy atom. The summed E-state index contributed by atoms with van der Waals surface area (Å²) < 4.78 is 6.64. The zero-order valence-corrected chi connectivity index (χ0v) is 17.2. The lowest BCUT2D eigenvalue weighted by molar-refractivity contribution is -0.115. The van der Waals surface area contributed by atoms with E-state index in [0.717, 1.165) is 11.1 Å². The molecule has 28 heavy (non-hydrogen) atoms. The zero-order chi connectivity index (χ0) is 20.3. The van der Waals surface area contributed by atoms with Crippen LogP contribution in [0, 0.1) is 6.92 Å². The maximum atomic E-state index is 12.6. The molecule has 0 spiro atoms. The largest absolute Gasteiger partial charge is 0.495 e. The van der Waals surface area contributed by atoms with E-state index in [1.165, 1.54) is 23.5 Å². The molecule has 3 aromatic rings. The number of methoxy groups -OCH3 is 1. The molecule has 0 saturated heterocycles. The number of anilines is 1. The number of amides is 1. The van der Waals surface area contributed by atoms with Crippen LogP contribution in [0.25, 0.3) is 11.4 Å². The minimum absolute atomic E-state index is 0.231. The Balaban J connectivity index is 1.73. The highest BCUT2D eigenvalue weighted by molar-refractivity contribution is 8.00. The fourth-order valence-electron chi connectivity index (χ4n) is 2.48. The summed E-state index contributed by atoms with van der Waals surface area (Å²) >= 11 is 7.22. The number of nitrogens with zero attached hydrogens (tertiary/aromatic N) is 3. The van der Waals surface area contributed by atoms with Gasteiger partial charge in [0, 0.05) is 10.6 Å². The van der Waals surface area contributed by atoms with E-state index < -0.39 is 5.25 Å². The van der Waals surface area contributed by atoms with Crippen LogP contribution in [0.2, 0.25) is 5.02 Å². The Morgan fingerprint density at radius 2 is 1.96 bits per heavy atom. The number of aryl methyl sites for hydroxylation is 1. The van der Waals surface area contributed by atoms with E-state index in [0.29, 0.717) is 27.4 Å². The van der Waals surface area contributed by atoms with E-state index in [-0.39, 0.29) is 5.91 Å². The quantitative estimate of drug-likeness (QED) is 0.468. The van der Waals surface area contributed by atoms with Gasteiger partial charge in [0.15, 0.2) is 5.82 Å². The summed E-state index contributed by atoms with van der Waals surface area (Å²) in [7, 11) is 1.53. The van der Waals surface area contributed by atoms with Gasteiger partial charge in [-0.15, -0.1) is 10.2 Å². The molecule has 1 heterocycles. The van der Waals surface area contributed by atoms with Crippen molar-refractivity contribution < 1.29 is 9.53 Å². The number of benzene rings is 2. The highest BCUT2D eigenvalue weighted by Gasteiger charge is 2.21. The number of thioether (sulfide) groups is 1. The van der Waals surface area contributed by atoms with Crippen molar-refractivity contribution >= 4 is 35.0 Å². The summed E-state index contributed by atoms with van der Waals surface area (Å²) in [6.45, 7) is 3.77. The number of carbonyl (C=O) groups excluding carboxylic acids is 1. The van der Waals surface area contributed by atoms with Crippen molar-refractivity contribution in [2.24, 2.45) is 0 Å². The highest BCUT2D eigenvalue weighted by Crippen LogP contribution is 2.30. The summed E-state index contributed by atoms with van der Waals surface area (Å²) in [6.07, 6.45) is 0. The van der Waals surface area contributed by atoms with Crippen molar-refractivity contribution in [3.8, 4) is 17.1 Å². The van der Waals surface area contributed by atoms with E-state index in [1.807, 2.05) is 31.2 Å². The Morgan fingerprint density at radius 1 is 1.25 bits per heavy atom. The van der Waals surface area contributed by atoms with Gasteiger partial charge in [-0.1, -0.05) is 53.2 Å². The number of aromatic nitrogens is 3. The molecule has 3 N–H and O–H groups in total. The normalized spacial score (nSPS) is 11.9. The third-order valence-electron chi connectivity index (χ3n) is 4.05. The average molecular weight is 418 g/mol. The second-order valence-electron chi connectivity index (χ2n) is 6.14. The summed E-state index contributed by atoms with van der Waals surface area (Å²) in [5.41, 5.74) is 2.50. The van der Waals surface area contributed by atoms with Gasteiger partial charge in [0.2, 0.25) is 11.1 Å². The molecule has 1 atom stereocenters. The number of halogens is 1. The van der Waals surface area contributed by atoms with Gasteiger partial charge in [0.1, 0.15) is 5.75 Å². The van der Waals surface area contributed by atoms with Crippen molar-refractivity contribution in [2.45, 2.75) is 24.3 Å². The van der Waals surface area contributed by atoms with E-state index >= 15 is 0 Å². The monoisotopic (exact) mass is 417 g/mol. The van der Waals surface area contributed by atoms with Gasteiger partial charge in [0.05, 0.1) is 18.0 Å². The Bertz CT molecular complexity index is 990. The van der Waals surface area contributed by atoms with Gasteiger partial charge in [-0.05, 0) is 32.0 Å². The Hall–Kier alpha value is -2.71. The molecule has 3 rings (SSSR count). The number of nitrogens with two attached hydrogens (primary N) is 1. The topological polar surface area (TPSA) is 95.1 Å². The van der Waals surface area contributed by atoms with Crippen molar-refractivity contribution in [1.29, 1.82) is 0 Å². The SMILES string of the molecule is COc1ccc(Cl)cc1NC(=O)C(C)Sc1nnc(-c2ccc(C)cc2)n1N. The lowest BCUT2D eigenvalue weighted by Crippen LogP contribution is -2.24. The summed E-state index contributed by atoms with van der Waals surface area (Å²) in [6, 6.07) is 12.8. The number of hydrogen-bond acceptors (Lipinski definition) is 6. The number of nitrogens with one attached hydrogen (secondary N) is 1. The second-order valence-corrected chi connectivity index (χ2v) is 7.88. The number of hydrogen-bond donors (Lipinski definition) is 2. The van der Waals surface area contributed by atoms with Crippen molar-refractivity contribution in [3.05, 3.63) is 53.1 Å². The van der Waals surface area contributed by atoms with Crippen LogP contribution in [0.1, 0.15) is 12.5 Å². The summed E-state index contributed by atoms with van der Waals surface area (Å²) in [5.74, 6) is 6.97. The van der Waals surface area contributed by atoms with Gasteiger partial charge in [-0.2, -0.15) is 0 Å². The minimum atomic E-state index is -0.471. The molecule has 0 radical (unpaired) electrons. The minimum Gasteiger partial charge on any atom is -0.495 e. The van der Waals surface area contributed by atoms with E-state index in [1.54, 1.807) is 25.1 Å². The first-order chi connectivity index (χ1) is 13.4. The van der Waals surface area contributed by atoms with Gasteiger partial charge in [-0.25, -0.2) is 4.68 Å². The Labute approximate surface area is 172 Å². The smallest absolute Gasteiger partial charge is 0.237 e. The third-order valence-corrected chi connectivity index (χ3v) is 5.34. The van der Waals surface area contributed by atoms with Gasteiger partial charge < -0.3 is 15.9 Å². The molecule has 0 bridgehead atoms. The van der Waals surface area contributed by atoms with Crippen molar-refractivity contribution in [2.75, 3.05) is 18.3 Å². The van der Waals surface area contributed by atoms with Crippen LogP contribution >= 0.6 is 23.4 Å². The predicted molar refractivity (Wildman–Crippen MR) is 112 cm³/mol. The first-order valence-corrected chi connectivity index (χ1v) is 9.73. The predicted octanol–water partition coefficient (Wildman–Crippen LogP) is 3.75. The number of ether oxygens (including phenoxy) is 1. The van der Waals surface area contributed by atoms with E-state index in [9.17, 15) is 4.79 Å². The summed E-state index contributed by atoms with van der Waals surface area (Å²) in [5, 5.41) is 11.6. The number of nitrogen functional groups attached to an aromatic ring is 1. The first-order valence-electron chi connectivity index (χ1n) is 8.47. The molecule has 0 aliphatic rings. The maximum absolute atomic E-state index is 12.6. The van der Waals surface area contributed by atoms with Crippen molar-refractivity contribution in [1.82, 2.24) is 14.9 Å². The van der Waals surface area contributed by atoms with Crippen LogP contribution in [0.15, 0.2) is 47.6 Å². The standard InChI is InChI=1S/C19H20ClN5O2S/c1-11-4-6-13(7-5-11)17-23-24-19(25(17)21)28-12(2)18(26)22-15-10-14(20)8-9-16(15)27-3/h4-10,12H,21H2,1-3H3,(H,22,26). The lowest BCUT2D eigenvalue weighted by atomic mass is 10.1. The molecule has 7 nitrogen and oxygen atoms in total. The van der Waals surface area contributed by atoms with Crippen LogP contribution in [-0.4, -0.2) is 33.1 Å². The lowest BCUT2D eigenvalue weighted by Gasteiger charge is -2.14. The van der Waals surface area contributed by atoms with Crippen LogP contribution in [-0.2, 0) is 4.79 Å². The number of carbonyl (C=O) groups is 1. The van der Waals surface area contributed by atoms with E-state index in [2.05, 4.69) is 15.5 Å². The molecule has 0 saturated carbocycles. The first kappa shape index (κ1) is 20.0. The van der Waals surface area contributed by atoms with Crippen LogP contribution in [0.4, 0.5) is 5.69 Å². The van der Waals surface area contributed by atoms with Crippen LogP contribution in [0.3, 0.4) is 0 Å². The fourth-order valence-corrected chi connectivity index (χ4v) is 3.42. The van der Waals surface area contributed by atoms with Crippen molar-refractivity contribution in [3.63, 3.8) is 0 Å². The molecule has 0 aliphatic carbocycles. The molecule has 146 valence electrons. The molecule has 1 unspecified atom stereocenters. The molecule has 1 amide bonds. The molecule has 0 fully saturated rings. The highest BCUT2D eigenvalue weighted by atomic mass is 35.5. The summed E-state index contributed by atoms with van der Waals surface area (Å²) in [4.78, 5) is 12.6. The van der Waals surface area contributed by atoms with Gasteiger partial charge >= 0.3 is 0 Å². The van der Waals surface area contributed by atoms with Crippen LogP contribution in [0.5, 0.6) is 5.75 Å². The molecule has 9 heteroatoms.